The fourth-order valence-corrected chi connectivity index (χ4v) is 5.04. The number of hydrogen-bond acceptors (Lipinski definition) is 6. The van der Waals surface area contributed by atoms with Crippen LogP contribution in [0.5, 0.6) is 0 Å². The minimum absolute atomic E-state index is 0.0317. The number of halogens is 1. The molecule has 2 bridgehead atoms. The molecule has 0 spiro atoms. The van der Waals surface area contributed by atoms with Crippen LogP contribution in [-0.4, -0.2) is 37.0 Å². The highest BCUT2D eigenvalue weighted by Gasteiger charge is 2.45. The second-order valence-electron chi connectivity index (χ2n) is 7.89. The lowest BCUT2D eigenvalue weighted by Crippen LogP contribution is -2.51. The molecule has 0 aliphatic heterocycles. The van der Waals surface area contributed by atoms with Crippen LogP contribution in [0.15, 0.2) is 24.7 Å². The highest BCUT2D eigenvalue weighted by atomic mass is 19.1. The van der Waals surface area contributed by atoms with Crippen LogP contribution < -0.4 is 5.32 Å². The number of rotatable bonds is 4. The van der Waals surface area contributed by atoms with Crippen molar-refractivity contribution < 1.29 is 9.18 Å². The Bertz CT molecular complexity index is 1040. The average Bonchev–Trinajstić information content (AvgIpc) is 3.12. The van der Waals surface area contributed by atoms with Crippen LogP contribution >= 0.6 is 0 Å². The van der Waals surface area contributed by atoms with Crippen molar-refractivity contribution >= 4 is 22.6 Å². The fourth-order valence-electron chi connectivity index (χ4n) is 5.04. The first-order valence-electron chi connectivity index (χ1n) is 9.69. The molecule has 2 atom stereocenters. The van der Waals surface area contributed by atoms with E-state index in [4.69, 9.17) is 0 Å². The molecule has 6 rings (SSSR count). The second-order valence-corrected chi connectivity index (χ2v) is 7.89. The van der Waals surface area contributed by atoms with E-state index < -0.39 is 5.82 Å². The van der Waals surface area contributed by atoms with Crippen molar-refractivity contribution in [3.05, 3.63) is 30.5 Å². The number of nitrogens with zero attached hydrogens (tertiary/aromatic N) is 4. The van der Waals surface area contributed by atoms with Crippen molar-refractivity contribution in [2.24, 2.45) is 17.8 Å². The Kier molecular flexibility index (Phi) is 4.07. The van der Waals surface area contributed by atoms with Crippen molar-refractivity contribution in [3.63, 3.8) is 0 Å². The number of pyridine rings is 1. The molecule has 3 fully saturated rings. The quantitative estimate of drug-likeness (QED) is 0.720. The standard InChI is InChI=1S/C20H21FN6O/c1-10(28)17-11-2-4-12(5-3-11)18(17)25-16-9-22-8-15(24-16)19-14-6-13(21)7-23-20(14)27-26-19/h6-9,11-12,17-18H,2-5H2,1H3,(H,24,25)(H,23,26,27)/t11?,12?,17-,18-/m1/s1. The monoisotopic (exact) mass is 380 g/mol. The molecule has 3 heterocycles. The fraction of sp³-hybridized carbons (Fsp3) is 0.450. The predicted molar refractivity (Wildman–Crippen MR) is 102 cm³/mol. The van der Waals surface area contributed by atoms with Crippen LogP contribution in [0.1, 0.15) is 32.6 Å². The molecule has 0 radical (unpaired) electrons. The average molecular weight is 380 g/mol. The number of aromatic amines is 1. The summed E-state index contributed by atoms with van der Waals surface area (Å²) in [6.45, 7) is 1.69. The Morgan fingerprint density at radius 1 is 1.18 bits per heavy atom. The maximum atomic E-state index is 13.6. The smallest absolute Gasteiger partial charge is 0.181 e. The van der Waals surface area contributed by atoms with Crippen molar-refractivity contribution in [3.8, 4) is 11.4 Å². The molecule has 8 heteroatoms. The van der Waals surface area contributed by atoms with Crippen molar-refractivity contribution in [2.75, 3.05) is 5.32 Å². The molecule has 3 saturated carbocycles. The first-order chi connectivity index (χ1) is 13.6. The number of carbonyl (C=O) groups is 1. The van der Waals surface area contributed by atoms with Crippen molar-refractivity contribution in [1.29, 1.82) is 0 Å². The zero-order chi connectivity index (χ0) is 19.3. The summed E-state index contributed by atoms with van der Waals surface area (Å²) in [5.41, 5.74) is 1.56. The zero-order valence-corrected chi connectivity index (χ0v) is 15.5. The van der Waals surface area contributed by atoms with E-state index in [2.05, 4.69) is 30.5 Å². The molecular weight excluding hydrogens is 359 g/mol. The van der Waals surface area contributed by atoms with E-state index in [1.165, 1.54) is 6.07 Å². The number of ketones is 1. The third kappa shape index (κ3) is 2.83. The van der Waals surface area contributed by atoms with Gasteiger partial charge in [-0.25, -0.2) is 14.4 Å². The van der Waals surface area contributed by atoms with Gasteiger partial charge in [0.05, 0.1) is 29.7 Å². The van der Waals surface area contributed by atoms with Crippen molar-refractivity contribution in [2.45, 2.75) is 38.6 Å². The van der Waals surface area contributed by atoms with E-state index in [0.29, 0.717) is 40.1 Å². The predicted octanol–water partition coefficient (Wildman–Crippen LogP) is 3.36. The van der Waals surface area contributed by atoms with Crippen LogP contribution in [0, 0.1) is 23.6 Å². The number of nitrogens with one attached hydrogen (secondary N) is 2. The van der Waals surface area contributed by atoms with Gasteiger partial charge in [-0.2, -0.15) is 5.10 Å². The summed E-state index contributed by atoms with van der Waals surface area (Å²) in [7, 11) is 0. The molecular formula is C20H21FN6O. The lowest BCUT2D eigenvalue weighted by Gasteiger charge is -2.48. The minimum Gasteiger partial charge on any atom is -0.365 e. The molecule has 0 unspecified atom stereocenters. The SMILES string of the molecule is CC(=O)[C@@H]1C2CCC(CC2)[C@H]1Nc1cncc(-c2[nH]nc3ncc(F)cc23)n1. The zero-order valence-electron chi connectivity index (χ0n) is 15.5. The molecule has 3 aliphatic rings. The Morgan fingerprint density at radius 3 is 2.75 bits per heavy atom. The molecule has 3 aliphatic carbocycles. The lowest BCUT2D eigenvalue weighted by molar-refractivity contribution is -0.126. The van der Waals surface area contributed by atoms with Crippen LogP contribution in [0.25, 0.3) is 22.4 Å². The van der Waals surface area contributed by atoms with Crippen molar-refractivity contribution in [1.82, 2.24) is 25.1 Å². The number of aromatic nitrogens is 5. The molecule has 2 N–H and O–H groups in total. The molecule has 3 aromatic heterocycles. The molecule has 144 valence electrons. The summed E-state index contributed by atoms with van der Waals surface area (Å²) in [4.78, 5) is 25.2. The summed E-state index contributed by atoms with van der Waals surface area (Å²) in [6.07, 6.45) is 8.98. The Morgan fingerprint density at radius 2 is 1.96 bits per heavy atom. The summed E-state index contributed by atoms with van der Waals surface area (Å²) >= 11 is 0. The van der Waals surface area contributed by atoms with Gasteiger partial charge < -0.3 is 5.32 Å². The molecule has 0 aromatic carbocycles. The Balaban J connectivity index is 1.47. The van der Waals surface area contributed by atoms with E-state index in [1.54, 1.807) is 19.3 Å². The van der Waals surface area contributed by atoms with Gasteiger partial charge in [-0.1, -0.05) is 0 Å². The number of H-pyrrole nitrogens is 1. The molecule has 0 amide bonds. The van der Waals surface area contributed by atoms with Gasteiger partial charge in [0.15, 0.2) is 5.65 Å². The van der Waals surface area contributed by atoms with E-state index in [9.17, 15) is 9.18 Å². The third-order valence-electron chi connectivity index (χ3n) is 6.27. The van der Waals surface area contributed by atoms with Crippen LogP contribution in [0.3, 0.4) is 0 Å². The highest BCUT2D eigenvalue weighted by molar-refractivity contribution is 5.89. The van der Waals surface area contributed by atoms with Gasteiger partial charge in [-0.15, -0.1) is 0 Å². The molecule has 7 nitrogen and oxygen atoms in total. The Hall–Kier alpha value is -2.90. The van der Waals surface area contributed by atoms with E-state index in [0.717, 1.165) is 31.9 Å². The van der Waals surface area contributed by atoms with Crippen LogP contribution in [-0.2, 0) is 4.79 Å². The van der Waals surface area contributed by atoms with Crippen LogP contribution in [0.4, 0.5) is 10.2 Å². The van der Waals surface area contributed by atoms with E-state index >= 15 is 0 Å². The first kappa shape index (κ1) is 17.2. The van der Waals surface area contributed by atoms with Gasteiger partial charge in [-0.05, 0) is 50.5 Å². The van der Waals surface area contributed by atoms with E-state index in [-0.39, 0.29) is 17.7 Å². The normalized spacial score (nSPS) is 26.5. The van der Waals surface area contributed by atoms with Gasteiger partial charge in [0.25, 0.3) is 0 Å². The maximum Gasteiger partial charge on any atom is 0.181 e. The second kappa shape index (κ2) is 6.61. The minimum atomic E-state index is -0.431. The molecule has 3 aromatic rings. The third-order valence-corrected chi connectivity index (χ3v) is 6.27. The van der Waals surface area contributed by atoms with Gasteiger partial charge in [0.1, 0.15) is 23.1 Å². The molecule has 0 saturated heterocycles. The van der Waals surface area contributed by atoms with E-state index in [1.807, 2.05) is 0 Å². The summed E-state index contributed by atoms with van der Waals surface area (Å²) in [5.74, 6) is 1.41. The number of carbonyl (C=O) groups excluding carboxylic acids is 1. The Labute approximate surface area is 161 Å². The summed E-state index contributed by atoms with van der Waals surface area (Å²) in [5, 5.41) is 11.0. The summed E-state index contributed by atoms with van der Waals surface area (Å²) < 4.78 is 13.6. The number of fused-ring (bicyclic) bond motifs is 4. The number of anilines is 1. The highest BCUT2D eigenvalue weighted by Crippen LogP contribution is 2.46. The topological polar surface area (TPSA) is 96.5 Å². The van der Waals surface area contributed by atoms with Gasteiger partial charge in [0, 0.05) is 12.0 Å². The first-order valence-corrected chi connectivity index (χ1v) is 9.69. The van der Waals surface area contributed by atoms with Gasteiger partial charge >= 0.3 is 0 Å². The number of Topliss-reactive ketones (excluding diaryl/α,β-unsaturated/α-hetero) is 1. The lowest BCUT2D eigenvalue weighted by atomic mass is 9.60. The van der Waals surface area contributed by atoms with Crippen LogP contribution in [0.2, 0.25) is 0 Å². The maximum absolute atomic E-state index is 13.6. The largest absolute Gasteiger partial charge is 0.365 e. The van der Waals surface area contributed by atoms with Gasteiger partial charge in [0.2, 0.25) is 0 Å². The molecule has 28 heavy (non-hydrogen) atoms. The number of hydrogen-bond donors (Lipinski definition) is 2. The summed E-state index contributed by atoms with van der Waals surface area (Å²) in [6, 6.07) is 1.47. The van der Waals surface area contributed by atoms with Gasteiger partial charge in [-0.3, -0.25) is 14.9 Å².